The summed E-state index contributed by atoms with van der Waals surface area (Å²) in [6.45, 7) is 4.36. The van der Waals surface area contributed by atoms with Crippen LogP contribution in [-0.2, 0) is 4.79 Å². The van der Waals surface area contributed by atoms with E-state index in [1.54, 1.807) is 19.1 Å². The molecule has 1 saturated carbocycles. The molecule has 1 heterocycles. The predicted octanol–water partition coefficient (Wildman–Crippen LogP) is 4.23. The molecule has 0 aliphatic heterocycles. The summed E-state index contributed by atoms with van der Waals surface area (Å²) >= 11 is 0. The Morgan fingerprint density at radius 1 is 1.21 bits per heavy atom. The van der Waals surface area contributed by atoms with Crippen molar-refractivity contribution in [3.63, 3.8) is 0 Å². The first-order chi connectivity index (χ1) is 13.5. The van der Waals surface area contributed by atoms with E-state index in [2.05, 4.69) is 15.7 Å². The Kier molecular flexibility index (Phi) is 6.34. The molecule has 28 heavy (non-hydrogen) atoms. The third-order valence-electron chi connectivity index (χ3n) is 5.11. The fourth-order valence-electron chi connectivity index (χ4n) is 3.58. The molecule has 0 radical (unpaired) electrons. The largest absolute Gasteiger partial charge is 0.507 e. The number of phenols is 1. The summed E-state index contributed by atoms with van der Waals surface area (Å²) in [5, 5.41) is 20.6. The van der Waals surface area contributed by atoms with E-state index >= 15 is 0 Å². The number of hydrogen-bond acceptors (Lipinski definition) is 4. The number of amides is 2. The lowest BCUT2D eigenvalue weighted by molar-refractivity contribution is -0.115. The summed E-state index contributed by atoms with van der Waals surface area (Å²) < 4.78 is 1.45. The fraction of sp³-hybridized carbons (Fsp3) is 0.476. The molecule has 0 saturated heterocycles. The van der Waals surface area contributed by atoms with Crippen molar-refractivity contribution in [3.05, 3.63) is 30.0 Å². The lowest BCUT2D eigenvalue weighted by Gasteiger charge is -2.11. The smallest absolute Gasteiger partial charge is 0.342 e. The number of phenolic OH excluding ortho intramolecular Hbond substituents is 1. The van der Waals surface area contributed by atoms with Crippen LogP contribution in [0.1, 0.15) is 64.0 Å². The van der Waals surface area contributed by atoms with Crippen LogP contribution in [0.2, 0.25) is 0 Å². The van der Waals surface area contributed by atoms with Gasteiger partial charge in [0.25, 0.3) is 0 Å². The lowest BCUT2D eigenvalue weighted by atomic mass is 10.0. The van der Waals surface area contributed by atoms with Crippen molar-refractivity contribution in [2.75, 3.05) is 11.9 Å². The van der Waals surface area contributed by atoms with Crippen molar-refractivity contribution in [2.24, 2.45) is 0 Å². The molecular formula is C21H28N4O3. The van der Waals surface area contributed by atoms with Crippen LogP contribution >= 0.6 is 0 Å². The van der Waals surface area contributed by atoms with Gasteiger partial charge in [-0.25, -0.2) is 4.79 Å². The number of hydrogen-bond donors (Lipinski definition) is 3. The van der Waals surface area contributed by atoms with Crippen LogP contribution in [0.4, 0.5) is 10.5 Å². The minimum atomic E-state index is -0.235. The van der Waals surface area contributed by atoms with Gasteiger partial charge in [-0.1, -0.05) is 26.7 Å². The van der Waals surface area contributed by atoms with Gasteiger partial charge in [-0.3, -0.25) is 4.79 Å². The molecule has 2 amide bonds. The van der Waals surface area contributed by atoms with Gasteiger partial charge in [0.05, 0.1) is 11.4 Å². The molecule has 1 fully saturated rings. The number of carbonyl (C=O) groups is 2. The summed E-state index contributed by atoms with van der Waals surface area (Å²) in [6.07, 6.45) is 5.60. The Labute approximate surface area is 165 Å². The normalized spacial score (nSPS) is 14.2. The highest BCUT2D eigenvalue weighted by Crippen LogP contribution is 2.37. The van der Waals surface area contributed by atoms with Crippen LogP contribution in [0.25, 0.3) is 11.3 Å². The van der Waals surface area contributed by atoms with Crippen LogP contribution in [0, 0.1) is 0 Å². The second-order valence-electron chi connectivity index (χ2n) is 7.21. The second kappa shape index (κ2) is 8.91. The maximum atomic E-state index is 12.6. The predicted molar refractivity (Wildman–Crippen MR) is 109 cm³/mol. The molecule has 1 aliphatic rings. The average Bonchev–Trinajstić information content (AvgIpc) is 3.35. The molecule has 1 aliphatic carbocycles. The summed E-state index contributed by atoms with van der Waals surface area (Å²) in [7, 11) is 0. The highest BCUT2D eigenvalue weighted by Gasteiger charge is 2.25. The Morgan fingerprint density at radius 2 is 1.96 bits per heavy atom. The summed E-state index contributed by atoms with van der Waals surface area (Å²) in [4.78, 5) is 24.1. The third-order valence-corrected chi connectivity index (χ3v) is 5.11. The van der Waals surface area contributed by atoms with Crippen molar-refractivity contribution in [2.45, 2.75) is 58.3 Å². The molecule has 0 atom stereocenters. The molecule has 1 aromatic carbocycles. The van der Waals surface area contributed by atoms with Gasteiger partial charge in [-0.15, -0.1) is 0 Å². The Bertz CT molecular complexity index is 853. The maximum Gasteiger partial charge on any atom is 0.342 e. The molecule has 1 aromatic heterocycles. The van der Waals surface area contributed by atoms with Crippen molar-refractivity contribution < 1.29 is 14.7 Å². The van der Waals surface area contributed by atoms with E-state index in [-0.39, 0.29) is 17.7 Å². The zero-order valence-corrected chi connectivity index (χ0v) is 16.5. The van der Waals surface area contributed by atoms with E-state index < -0.39 is 0 Å². The van der Waals surface area contributed by atoms with Gasteiger partial charge >= 0.3 is 6.03 Å². The first-order valence-electron chi connectivity index (χ1n) is 10.0. The Hall–Kier alpha value is -2.83. The van der Waals surface area contributed by atoms with Crippen LogP contribution in [-0.4, -0.2) is 33.4 Å². The maximum absolute atomic E-state index is 12.6. The molecule has 3 N–H and O–H groups in total. The zero-order chi connectivity index (χ0) is 20.1. The van der Waals surface area contributed by atoms with Crippen LogP contribution < -0.4 is 10.6 Å². The van der Waals surface area contributed by atoms with Gasteiger partial charge in [0.2, 0.25) is 5.91 Å². The first kappa shape index (κ1) is 19.9. The Balaban J connectivity index is 1.93. The highest BCUT2D eigenvalue weighted by molar-refractivity contribution is 5.91. The van der Waals surface area contributed by atoms with Crippen LogP contribution in [0.3, 0.4) is 0 Å². The minimum absolute atomic E-state index is 0.0190. The van der Waals surface area contributed by atoms with E-state index in [0.29, 0.717) is 35.8 Å². The summed E-state index contributed by atoms with van der Waals surface area (Å²) in [5.41, 5.74) is 2.52. The summed E-state index contributed by atoms with van der Waals surface area (Å²) in [5.74, 6) is 0.205. The quantitative estimate of drug-likeness (QED) is 0.694. The molecule has 7 nitrogen and oxygen atoms in total. The van der Waals surface area contributed by atoms with Crippen LogP contribution in [0.5, 0.6) is 5.75 Å². The molecule has 0 bridgehead atoms. The highest BCUT2D eigenvalue weighted by atomic mass is 16.3. The minimum Gasteiger partial charge on any atom is -0.507 e. The molecule has 150 valence electrons. The summed E-state index contributed by atoms with van der Waals surface area (Å²) in [6, 6.07) is 6.63. The molecule has 0 spiro atoms. The van der Waals surface area contributed by atoms with E-state index in [0.717, 1.165) is 37.8 Å². The van der Waals surface area contributed by atoms with E-state index in [9.17, 15) is 14.7 Å². The van der Waals surface area contributed by atoms with Crippen molar-refractivity contribution in [1.82, 2.24) is 15.1 Å². The van der Waals surface area contributed by atoms with E-state index in [1.807, 2.05) is 13.0 Å². The van der Waals surface area contributed by atoms with Gasteiger partial charge in [-0.2, -0.15) is 9.78 Å². The molecule has 3 rings (SSSR count). The van der Waals surface area contributed by atoms with Gasteiger partial charge in [0.1, 0.15) is 5.75 Å². The topological polar surface area (TPSA) is 96.3 Å². The second-order valence-corrected chi connectivity index (χ2v) is 7.21. The van der Waals surface area contributed by atoms with Crippen molar-refractivity contribution >= 4 is 17.6 Å². The molecular weight excluding hydrogens is 356 g/mol. The van der Waals surface area contributed by atoms with Gasteiger partial charge in [0.15, 0.2) is 0 Å². The number of aromatic hydroxyl groups is 1. The van der Waals surface area contributed by atoms with Gasteiger partial charge in [0, 0.05) is 36.2 Å². The number of aromatic nitrogens is 2. The number of benzene rings is 1. The number of carbonyl (C=O) groups excluding carboxylic acids is 2. The van der Waals surface area contributed by atoms with Crippen molar-refractivity contribution in [1.29, 1.82) is 0 Å². The van der Waals surface area contributed by atoms with E-state index in [1.165, 1.54) is 10.7 Å². The lowest BCUT2D eigenvalue weighted by Crippen LogP contribution is -2.31. The molecule has 0 unspecified atom stereocenters. The molecule has 7 heteroatoms. The number of nitrogens with one attached hydrogen (secondary N) is 2. The standard InChI is InChI=1S/C21H28N4O3/c1-3-11-22-21(28)25-18(14-7-5-6-8-14)13-17(24-25)16-10-9-15(12-19(16)26)23-20(27)4-2/h9-10,12-14,26H,3-8,11H2,1-2H3,(H,22,28)(H,23,27). The number of rotatable bonds is 6. The SMILES string of the molecule is CCCNC(=O)n1nc(-c2ccc(NC(=O)CC)cc2O)cc1C1CCCC1. The third kappa shape index (κ3) is 4.35. The first-order valence-corrected chi connectivity index (χ1v) is 10.0. The average molecular weight is 384 g/mol. The Morgan fingerprint density at radius 3 is 2.61 bits per heavy atom. The number of nitrogens with zero attached hydrogens (tertiary/aromatic N) is 2. The van der Waals surface area contributed by atoms with E-state index in [4.69, 9.17) is 0 Å². The van der Waals surface area contributed by atoms with Crippen molar-refractivity contribution in [3.8, 4) is 17.0 Å². The fourth-order valence-corrected chi connectivity index (χ4v) is 3.58. The van der Waals surface area contributed by atoms with Gasteiger partial charge < -0.3 is 15.7 Å². The zero-order valence-electron chi connectivity index (χ0n) is 16.5. The molecule has 2 aromatic rings. The van der Waals surface area contributed by atoms with Gasteiger partial charge in [-0.05, 0) is 37.5 Å². The monoisotopic (exact) mass is 384 g/mol. The van der Waals surface area contributed by atoms with Crippen LogP contribution in [0.15, 0.2) is 24.3 Å². The number of anilines is 1.